The van der Waals surface area contributed by atoms with E-state index in [1.54, 1.807) is 34.9 Å². The van der Waals surface area contributed by atoms with Gasteiger partial charge < -0.3 is 9.05 Å². The van der Waals surface area contributed by atoms with Gasteiger partial charge in [-0.3, -0.25) is 0 Å². The van der Waals surface area contributed by atoms with Crippen LogP contribution in [0, 0.1) is 13.8 Å². The van der Waals surface area contributed by atoms with Crippen LogP contribution in [0.15, 0.2) is 29.9 Å². The summed E-state index contributed by atoms with van der Waals surface area (Å²) < 4.78 is 12.2. The molecule has 9 heteroatoms. The van der Waals surface area contributed by atoms with Crippen LogP contribution in [0.4, 0.5) is 0 Å². The van der Waals surface area contributed by atoms with Crippen molar-refractivity contribution < 1.29 is 9.05 Å². The van der Waals surface area contributed by atoms with Crippen molar-refractivity contribution in [1.82, 2.24) is 20.5 Å². The molecule has 3 aromatic heterocycles. The van der Waals surface area contributed by atoms with E-state index in [2.05, 4.69) is 20.5 Å². The van der Waals surface area contributed by atoms with E-state index < -0.39 is 0 Å². The van der Waals surface area contributed by atoms with Crippen LogP contribution in [-0.2, 0) is 11.5 Å². The average Bonchev–Trinajstić information content (AvgIpc) is 3.16. The first-order valence-electron chi connectivity index (χ1n) is 6.12. The predicted molar refractivity (Wildman–Crippen MR) is 81.5 cm³/mol. The molecule has 0 aliphatic carbocycles. The van der Waals surface area contributed by atoms with Crippen molar-refractivity contribution in [2.75, 3.05) is 0 Å². The molecule has 0 aliphatic heterocycles. The Kier molecular flexibility index (Phi) is 4.61. The number of aryl methyl sites for hydroxylation is 2. The molecule has 0 bridgehead atoms. The minimum absolute atomic E-state index is 0.710. The van der Waals surface area contributed by atoms with E-state index in [1.165, 1.54) is 0 Å². The first-order valence-corrected chi connectivity index (χ1v) is 8.91. The summed E-state index contributed by atoms with van der Waals surface area (Å²) in [7, 11) is 0. The van der Waals surface area contributed by atoms with Gasteiger partial charge in [0, 0.05) is 12.1 Å². The summed E-state index contributed by atoms with van der Waals surface area (Å²) in [5.74, 6) is 3.11. The quantitative estimate of drug-likeness (QED) is 0.628. The summed E-state index contributed by atoms with van der Waals surface area (Å²) >= 11 is 4.76. The maximum atomic E-state index is 5.16. The fourth-order valence-electron chi connectivity index (χ4n) is 1.55. The summed E-state index contributed by atoms with van der Waals surface area (Å²) in [6, 6.07) is 3.85. The lowest BCUT2D eigenvalue weighted by Gasteiger charge is -1.91. The van der Waals surface area contributed by atoms with E-state index in [0.717, 1.165) is 31.6 Å². The van der Waals surface area contributed by atoms with Crippen molar-refractivity contribution >= 4 is 34.9 Å². The van der Waals surface area contributed by atoms with Crippen molar-refractivity contribution in [3.8, 4) is 0 Å². The highest BCUT2D eigenvalue weighted by molar-refractivity contribution is 8.02. The van der Waals surface area contributed by atoms with Gasteiger partial charge in [0.15, 0.2) is 8.68 Å². The fourth-order valence-corrected chi connectivity index (χ4v) is 4.32. The molecule has 0 saturated heterocycles. The zero-order valence-corrected chi connectivity index (χ0v) is 13.8. The van der Waals surface area contributed by atoms with Gasteiger partial charge in [-0.25, -0.2) is 0 Å². The molecule has 0 spiro atoms. The lowest BCUT2D eigenvalue weighted by molar-refractivity contribution is 0.391. The van der Waals surface area contributed by atoms with Crippen LogP contribution >= 0.6 is 34.9 Å². The normalized spacial score (nSPS) is 11.1. The Morgan fingerprint density at radius 1 is 0.905 bits per heavy atom. The van der Waals surface area contributed by atoms with Crippen LogP contribution in [0.5, 0.6) is 0 Å². The molecule has 3 heterocycles. The summed E-state index contributed by atoms with van der Waals surface area (Å²) in [5.41, 5.74) is 1.78. The summed E-state index contributed by atoms with van der Waals surface area (Å²) in [5, 5.41) is 16.0. The highest BCUT2D eigenvalue weighted by Gasteiger charge is 2.09. The molecule has 0 radical (unpaired) electrons. The Balaban J connectivity index is 1.51. The maximum Gasteiger partial charge on any atom is 0.175 e. The number of hydrogen-bond acceptors (Lipinski definition) is 9. The second-order valence-corrected chi connectivity index (χ2v) is 7.70. The van der Waals surface area contributed by atoms with Crippen molar-refractivity contribution in [3.05, 3.63) is 35.0 Å². The molecule has 0 atom stereocenters. The van der Waals surface area contributed by atoms with Gasteiger partial charge in [-0.2, -0.15) is 0 Å². The predicted octanol–water partition coefficient (Wildman–Crippen LogP) is 3.72. The third-order valence-electron chi connectivity index (χ3n) is 2.42. The number of thioether (sulfide) groups is 2. The van der Waals surface area contributed by atoms with Crippen LogP contribution in [0.2, 0.25) is 0 Å². The van der Waals surface area contributed by atoms with Crippen molar-refractivity contribution in [2.24, 2.45) is 0 Å². The molecule has 0 amide bonds. The van der Waals surface area contributed by atoms with E-state index in [1.807, 2.05) is 26.0 Å². The molecule has 0 fully saturated rings. The number of rotatable bonds is 6. The first-order chi connectivity index (χ1) is 10.2. The van der Waals surface area contributed by atoms with E-state index in [4.69, 9.17) is 9.05 Å². The van der Waals surface area contributed by atoms with Gasteiger partial charge >= 0.3 is 0 Å². The van der Waals surface area contributed by atoms with Crippen LogP contribution in [0.25, 0.3) is 0 Å². The Morgan fingerprint density at radius 2 is 1.38 bits per heavy atom. The highest BCUT2D eigenvalue weighted by Crippen LogP contribution is 2.32. The molecule has 0 aliphatic rings. The monoisotopic (exact) mass is 340 g/mol. The molecule has 0 saturated carbocycles. The Bertz CT molecular complexity index is 663. The van der Waals surface area contributed by atoms with E-state index in [-0.39, 0.29) is 0 Å². The van der Waals surface area contributed by atoms with E-state index in [0.29, 0.717) is 11.5 Å². The molecule has 6 nitrogen and oxygen atoms in total. The lowest BCUT2D eigenvalue weighted by atomic mass is 10.4. The number of aromatic nitrogens is 4. The Morgan fingerprint density at radius 3 is 1.76 bits per heavy atom. The molecular formula is C12H12N4O2S3. The molecule has 0 aromatic carbocycles. The fraction of sp³-hybridized carbons (Fsp3) is 0.333. The van der Waals surface area contributed by atoms with Crippen molar-refractivity contribution in [2.45, 2.75) is 34.0 Å². The van der Waals surface area contributed by atoms with Crippen LogP contribution in [0.1, 0.15) is 22.9 Å². The molecule has 0 N–H and O–H groups in total. The lowest BCUT2D eigenvalue weighted by Crippen LogP contribution is -1.76. The zero-order valence-electron chi connectivity index (χ0n) is 11.4. The molecule has 21 heavy (non-hydrogen) atoms. The van der Waals surface area contributed by atoms with Crippen molar-refractivity contribution in [1.29, 1.82) is 0 Å². The van der Waals surface area contributed by atoms with E-state index >= 15 is 0 Å². The van der Waals surface area contributed by atoms with Gasteiger partial charge in [-0.1, -0.05) is 45.2 Å². The minimum Gasteiger partial charge on any atom is -0.360 e. The average molecular weight is 340 g/mol. The maximum absolute atomic E-state index is 5.16. The molecule has 3 aromatic rings. The molecular weight excluding hydrogens is 328 g/mol. The van der Waals surface area contributed by atoms with Crippen LogP contribution in [0.3, 0.4) is 0 Å². The van der Waals surface area contributed by atoms with Gasteiger partial charge in [-0.05, 0) is 13.8 Å². The molecule has 3 rings (SSSR count). The highest BCUT2D eigenvalue weighted by atomic mass is 32.2. The second kappa shape index (κ2) is 6.63. The van der Waals surface area contributed by atoms with Gasteiger partial charge in [0.1, 0.15) is 11.5 Å². The number of nitrogens with zero attached hydrogens (tertiary/aromatic N) is 4. The van der Waals surface area contributed by atoms with Gasteiger partial charge in [-0.15, -0.1) is 10.2 Å². The molecule has 0 unspecified atom stereocenters. The third-order valence-corrected chi connectivity index (χ3v) is 5.65. The minimum atomic E-state index is 0.710. The SMILES string of the molecule is Cc1cc(CSc2nnc(SCc3cc(C)no3)s2)on1. The largest absolute Gasteiger partial charge is 0.360 e. The van der Waals surface area contributed by atoms with E-state index in [9.17, 15) is 0 Å². The Hall–Kier alpha value is -1.32. The zero-order chi connectivity index (χ0) is 14.7. The van der Waals surface area contributed by atoms with Crippen molar-refractivity contribution in [3.63, 3.8) is 0 Å². The van der Waals surface area contributed by atoms with Crippen LogP contribution in [-0.4, -0.2) is 20.5 Å². The summed E-state index contributed by atoms with van der Waals surface area (Å²) in [6.45, 7) is 3.81. The summed E-state index contributed by atoms with van der Waals surface area (Å²) in [4.78, 5) is 0. The second-order valence-electron chi connectivity index (χ2n) is 4.28. The van der Waals surface area contributed by atoms with Gasteiger partial charge in [0.25, 0.3) is 0 Å². The number of hydrogen-bond donors (Lipinski definition) is 0. The van der Waals surface area contributed by atoms with Crippen LogP contribution < -0.4 is 0 Å². The molecule has 110 valence electrons. The van der Waals surface area contributed by atoms with Gasteiger partial charge in [0.2, 0.25) is 0 Å². The first kappa shape index (κ1) is 14.6. The topological polar surface area (TPSA) is 77.8 Å². The standard InChI is InChI=1S/C12H12N4O2S3/c1-7-3-9(17-15-7)5-19-11-13-14-12(21-11)20-6-10-4-8(2)16-18-10/h3-4H,5-6H2,1-2H3. The summed E-state index contributed by atoms with van der Waals surface area (Å²) in [6.07, 6.45) is 0. The van der Waals surface area contributed by atoms with Gasteiger partial charge in [0.05, 0.1) is 22.9 Å². The Labute approximate surface area is 133 Å². The third kappa shape index (κ3) is 4.08. The smallest absolute Gasteiger partial charge is 0.175 e.